The molecule has 0 unspecified atom stereocenters. The average molecular weight is 398 g/mol. The average Bonchev–Trinajstić information content (AvgIpc) is 2.78. The summed E-state index contributed by atoms with van der Waals surface area (Å²) in [4.78, 5) is 26.4. The summed E-state index contributed by atoms with van der Waals surface area (Å²) in [5.74, 6) is 0.881. The Morgan fingerprint density at radius 2 is 1.60 bits per heavy atom. The van der Waals surface area contributed by atoms with Crippen LogP contribution in [0.25, 0.3) is 22.0 Å². The molecule has 0 spiro atoms. The van der Waals surface area contributed by atoms with E-state index in [1.54, 1.807) is 37.4 Å². The van der Waals surface area contributed by atoms with E-state index in [0.29, 0.717) is 33.6 Å². The second-order valence-electron chi connectivity index (χ2n) is 7.18. The van der Waals surface area contributed by atoms with E-state index in [4.69, 9.17) is 4.74 Å². The second-order valence-corrected chi connectivity index (χ2v) is 7.18. The van der Waals surface area contributed by atoms with Gasteiger partial charge in [0.15, 0.2) is 5.43 Å². The van der Waals surface area contributed by atoms with Gasteiger partial charge in [-0.2, -0.15) is 0 Å². The van der Waals surface area contributed by atoms with Crippen LogP contribution in [0.2, 0.25) is 0 Å². The van der Waals surface area contributed by atoms with Crippen molar-refractivity contribution in [2.45, 2.75) is 6.92 Å². The van der Waals surface area contributed by atoms with Gasteiger partial charge in [-0.15, -0.1) is 0 Å². The van der Waals surface area contributed by atoms with E-state index in [0.717, 1.165) is 11.1 Å². The Hall–Kier alpha value is -3.86. The van der Waals surface area contributed by atoms with Gasteiger partial charge in [0.25, 0.3) is 5.91 Å². The fraction of sp³-hybridized carbons (Fsp3) is 0.120. The van der Waals surface area contributed by atoms with Gasteiger partial charge in [-0.25, -0.2) is 0 Å². The number of aromatic nitrogens is 1. The maximum Gasteiger partial charge on any atom is 0.256 e. The number of benzene rings is 3. The van der Waals surface area contributed by atoms with Gasteiger partial charge in [-0.3, -0.25) is 9.59 Å². The predicted octanol–water partition coefficient (Wildman–Crippen LogP) is 4.77. The third-order valence-electron chi connectivity index (χ3n) is 5.23. The van der Waals surface area contributed by atoms with E-state index in [-0.39, 0.29) is 11.3 Å². The van der Waals surface area contributed by atoms with E-state index < -0.39 is 0 Å². The summed E-state index contributed by atoms with van der Waals surface area (Å²) >= 11 is 0. The highest BCUT2D eigenvalue weighted by Gasteiger charge is 2.19. The van der Waals surface area contributed by atoms with Gasteiger partial charge < -0.3 is 14.6 Å². The fourth-order valence-corrected chi connectivity index (χ4v) is 3.54. The first-order valence-electron chi connectivity index (χ1n) is 9.64. The standard InChI is InChI=1S/C25H22N2O3/c1-16-8-10-18(11-9-16)25(29)26-24-22(17-12-14-19(30-3)15-13-17)23(28)20-6-4-5-7-21(20)27(24)2/h4-15H,1-3H3,(H,26,29). The van der Waals surface area contributed by atoms with E-state index in [9.17, 15) is 9.59 Å². The van der Waals surface area contributed by atoms with Crippen molar-refractivity contribution in [1.29, 1.82) is 0 Å². The number of anilines is 1. The molecule has 5 nitrogen and oxygen atoms in total. The van der Waals surface area contributed by atoms with Gasteiger partial charge in [-0.05, 0) is 48.9 Å². The molecule has 1 amide bonds. The first-order chi connectivity index (χ1) is 14.5. The second kappa shape index (κ2) is 7.87. The van der Waals surface area contributed by atoms with Gasteiger partial charge in [-0.1, -0.05) is 42.0 Å². The predicted molar refractivity (Wildman–Crippen MR) is 120 cm³/mol. The van der Waals surface area contributed by atoms with Crippen LogP contribution >= 0.6 is 0 Å². The Morgan fingerprint density at radius 3 is 2.27 bits per heavy atom. The van der Waals surface area contributed by atoms with Crippen LogP contribution < -0.4 is 15.5 Å². The molecule has 0 aliphatic rings. The lowest BCUT2D eigenvalue weighted by Crippen LogP contribution is -2.21. The van der Waals surface area contributed by atoms with Crippen molar-refractivity contribution in [1.82, 2.24) is 4.57 Å². The number of ether oxygens (including phenoxy) is 1. The quantitative estimate of drug-likeness (QED) is 0.538. The number of nitrogens with one attached hydrogen (secondary N) is 1. The molecule has 5 heteroatoms. The Kier molecular flexibility index (Phi) is 5.11. The topological polar surface area (TPSA) is 60.3 Å². The van der Waals surface area contributed by atoms with Gasteiger partial charge >= 0.3 is 0 Å². The number of para-hydroxylation sites is 1. The maximum absolute atomic E-state index is 13.4. The Balaban J connectivity index is 1.92. The van der Waals surface area contributed by atoms with Crippen LogP contribution in [0.4, 0.5) is 5.82 Å². The van der Waals surface area contributed by atoms with Gasteiger partial charge in [0.2, 0.25) is 0 Å². The lowest BCUT2D eigenvalue weighted by molar-refractivity contribution is 0.102. The smallest absolute Gasteiger partial charge is 0.256 e. The van der Waals surface area contributed by atoms with Crippen LogP contribution in [0.3, 0.4) is 0 Å². The highest BCUT2D eigenvalue weighted by molar-refractivity contribution is 6.06. The van der Waals surface area contributed by atoms with E-state index in [1.165, 1.54) is 0 Å². The monoisotopic (exact) mass is 398 g/mol. The highest BCUT2D eigenvalue weighted by Crippen LogP contribution is 2.29. The number of pyridine rings is 1. The number of carbonyl (C=O) groups is 1. The van der Waals surface area contributed by atoms with Crippen molar-refractivity contribution in [3.8, 4) is 16.9 Å². The van der Waals surface area contributed by atoms with Crippen molar-refractivity contribution >= 4 is 22.6 Å². The summed E-state index contributed by atoms with van der Waals surface area (Å²) in [5, 5.41) is 3.56. The molecule has 1 aromatic heterocycles. The summed E-state index contributed by atoms with van der Waals surface area (Å²) in [6.07, 6.45) is 0. The zero-order chi connectivity index (χ0) is 21.3. The minimum atomic E-state index is -0.268. The summed E-state index contributed by atoms with van der Waals surface area (Å²) in [6, 6.07) is 22.0. The lowest BCUT2D eigenvalue weighted by Gasteiger charge is -2.18. The molecular weight excluding hydrogens is 376 g/mol. The molecular formula is C25H22N2O3. The van der Waals surface area contributed by atoms with Crippen LogP contribution in [0.5, 0.6) is 5.75 Å². The Bertz CT molecular complexity index is 1290. The zero-order valence-corrected chi connectivity index (χ0v) is 17.1. The number of aryl methyl sites for hydroxylation is 2. The molecule has 0 fully saturated rings. The molecule has 0 radical (unpaired) electrons. The largest absolute Gasteiger partial charge is 0.497 e. The SMILES string of the molecule is COc1ccc(-c2c(NC(=O)c3ccc(C)cc3)n(C)c3ccccc3c2=O)cc1. The van der Waals surface area contributed by atoms with E-state index in [2.05, 4.69) is 5.32 Å². The molecule has 0 aliphatic carbocycles. The lowest BCUT2D eigenvalue weighted by atomic mass is 10.0. The molecule has 0 saturated heterocycles. The number of rotatable bonds is 4. The minimum Gasteiger partial charge on any atom is -0.497 e. The summed E-state index contributed by atoms with van der Waals surface area (Å²) in [5.41, 5.74) is 3.37. The first-order valence-corrected chi connectivity index (χ1v) is 9.64. The number of amides is 1. The summed E-state index contributed by atoms with van der Waals surface area (Å²) in [6.45, 7) is 1.97. The number of nitrogens with zero attached hydrogens (tertiary/aromatic N) is 1. The van der Waals surface area contributed by atoms with Crippen molar-refractivity contribution in [3.05, 3.63) is 94.1 Å². The molecule has 4 rings (SSSR count). The Morgan fingerprint density at radius 1 is 0.933 bits per heavy atom. The molecule has 1 N–H and O–H groups in total. The highest BCUT2D eigenvalue weighted by atomic mass is 16.5. The van der Waals surface area contributed by atoms with Gasteiger partial charge in [0.05, 0.1) is 18.2 Å². The number of hydrogen-bond acceptors (Lipinski definition) is 3. The van der Waals surface area contributed by atoms with Crippen molar-refractivity contribution in [2.24, 2.45) is 7.05 Å². The van der Waals surface area contributed by atoms with Gasteiger partial charge in [0, 0.05) is 18.0 Å². The summed E-state index contributed by atoms with van der Waals surface area (Å²) < 4.78 is 7.09. The molecule has 1 heterocycles. The maximum atomic E-state index is 13.4. The number of methoxy groups -OCH3 is 1. The molecule has 150 valence electrons. The van der Waals surface area contributed by atoms with Crippen molar-refractivity contribution in [3.63, 3.8) is 0 Å². The van der Waals surface area contributed by atoms with Crippen molar-refractivity contribution < 1.29 is 9.53 Å². The molecule has 4 aromatic rings. The molecule has 30 heavy (non-hydrogen) atoms. The molecule has 0 atom stereocenters. The number of hydrogen-bond donors (Lipinski definition) is 1. The van der Waals surface area contributed by atoms with Crippen LogP contribution in [-0.4, -0.2) is 17.6 Å². The first kappa shape index (κ1) is 19.5. The van der Waals surface area contributed by atoms with Crippen LogP contribution in [-0.2, 0) is 7.05 Å². The number of carbonyl (C=O) groups excluding carboxylic acids is 1. The minimum absolute atomic E-state index is 0.131. The number of fused-ring (bicyclic) bond motifs is 1. The molecule has 3 aromatic carbocycles. The molecule has 0 saturated carbocycles. The van der Waals surface area contributed by atoms with E-state index in [1.807, 2.05) is 61.0 Å². The van der Waals surface area contributed by atoms with Crippen molar-refractivity contribution in [2.75, 3.05) is 12.4 Å². The fourth-order valence-electron chi connectivity index (χ4n) is 3.54. The molecule has 0 aliphatic heterocycles. The van der Waals surface area contributed by atoms with Crippen LogP contribution in [0.15, 0.2) is 77.6 Å². The van der Waals surface area contributed by atoms with Crippen LogP contribution in [0.1, 0.15) is 15.9 Å². The third-order valence-corrected chi connectivity index (χ3v) is 5.23. The zero-order valence-electron chi connectivity index (χ0n) is 17.1. The summed E-state index contributed by atoms with van der Waals surface area (Å²) in [7, 11) is 3.44. The normalized spacial score (nSPS) is 10.8. The van der Waals surface area contributed by atoms with Crippen LogP contribution in [0, 0.1) is 6.92 Å². The van der Waals surface area contributed by atoms with Gasteiger partial charge in [0.1, 0.15) is 11.6 Å². The Labute approximate surface area is 174 Å². The van der Waals surface area contributed by atoms with E-state index >= 15 is 0 Å². The molecule has 0 bridgehead atoms. The third kappa shape index (κ3) is 3.46.